The molecule has 0 aromatic carbocycles. The summed E-state index contributed by atoms with van der Waals surface area (Å²) in [5.74, 6) is -0.701. The summed E-state index contributed by atoms with van der Waals surface area (Å²) in [7, 11) is -3.88. The molecule has 0 rings (SSSR count). The first kappa shape index (κ1) is 10.4. The quantitative estimate of drug-likeness (QED) is 0.271. The van der Waals surface area contributed by atoms with Gasteiger partial charge in [0, 0.05) is 0 Å². The molecule has 3 N–H and O–H groups in total. The van der Waals surface area contributed by atoms with Crippen LogP contribution in [0.3, 0.4) is 0 Å². The minimum Gasteiger partial charge on any atom is -1.00 e. The van der Waals surface area contributed by atoms with Crippen molar-refractivity contribution in [2.24, 2.45) is 5.73 Å². The largest absolute Gasteiger partial charge is 1.00 e. The summed E-state index contributed by atoms with van der Waals surface area (Å²) in [6.07, 6.45) is 0. The predicted octanol–water partition coefficient (Wildman–Crippen LogP) is -4.09. The molecule has 0 aliphatic rings. The van der Waals surface area contributed by atoms with Crippen molar-refractivity contribution in [3.63, 3.8) is 0 Å². The Bertz CT molecular complexity index is 121. The van der Waals surface area contributed by atoms with Gasteiger partial charge in [-0.1, -0.05) is 0 Å². The smallest absolute Gasteiger partial charge is 1.00 e. The Labute approximate surface area is 55.5 Å². The van der Waals surface area contributed by atoms with Gasteiger partial charge < -0.3 is 7.16 Å². The van der Waals surface area contributed by atoms with Crippen molar-refractivity contribution in [1.82, 2.24) is 0 Å². The van der Waals surface area contributed by atoms with E-state index in [0.717, 1.165) is 0 Å². The van der Waals surface area contributed by atoms with E-state index in [1.807, 2.05) is 0 Å². The third-order valence-electron chi connectivity index (χ3n) is 0.211. The van der Waals surface area contributed by atoms with Crippen LogP contribution in [0.15, 0.2) is 0 Å². The molecular weight excluding hydrogens is 113 g/mol. The van der Waals surface area contributed by atoms with Gasteiger partial charge in [0.2, 0.25) is 0 Å². The van der Waals surface area contributed by atoms with E-state index in [0.29, 0.717) is 0 Å². The Kier molecular flexibility index (Phi) is 5.18. The second kappa shape index (κ2) is 3.47. The second-order valence-electron chi connectivity index (χ2n) is 0.749. The number of hydrogen-bond acceptors (Lipinski definition) is 3. The van der Waals surface area contributed by atoms with Gasteiger partial charge in [-0.25, -0.2) is 0 Å². The summed E-state index contributed by atoms with van der Waals surface area (Å²) in [5.41, 5.74) is 4.47. The van der Waals surface area contributed by atoms with Gasteiger partial charge in [0.15, 0.2) is 0 Å². The fourth-order valence-electron chi connectivity index (χ4n) is 0. The summed E-state index contributed by atoms with van der Waals surface area (Å²) in [5, 5.41) is 0. The maximum Gasteiger partial charge on any atom is 1.00 e. The molecule has 0 aromatic heterocycles. The molecule has 40 valence electrons. The first-order valence-corrected chi connectivity index (χ1v) is 2.82. The second-order valence-corrected chi connectivity index (χ2v) is 2.25. The fraction of sp³-hybridized carbons (Fsp3) is 1.00. The third-order valence-corrected chi connectivity index (χ3v) is 0.632. The van der Waals surface area contributed by atoms with Crippen LogP contribution in [0.25, 0.3) is 0 Å². The normalized spacial score (nSPS) is 10.0. The molecule has 0 bridgehead atoms. The Morgan fingerprint density at radius 3 is 1.86 bits per heavy atom. The molecule has 0 fully saturated rings. The van der Waals surface area contributed by atoms with Crippen molar-refractivity contribution >= 4 is 10.1 Å². The summed E-state index contributed by atoms with van der Waals surface area (Å²) < 4.78 is 26.5. The summed E-state index contributed by atoms with van der Waals surface area (Å²) in [6, 6.07) is 0. The van der Waals surface area contributed by atoms with Crippen LogP contribution in [-0.2, 0) is 10.1 Å². The molecule has 0 heterocycles. The molecule has 0 aliphatic heterocycles. The van der Waals surface area contributed by atoms with Crippen molar-refractivity contribution in [2.45, 2.75) is 0 Å². The molecule has 0 saturated carbocycles. The minimum absolute atomic E-state index is 0. The van der Waals surface area contributed by atoms with E-state index in [1.165, 1.54) is 0 Å². The molecule has 0 amide bonds. The topological polar surface area (TPSA) is 80.4 Å². The monoisotopic (exact) mass is 119 g/mol. The zero-order valence-corrected chi connectivity index (χ0v) is 4.77. The molecule has 0 radical (unpaired) electrons. The van der Waals surface area contributed by atoms with Gasteiger partial charge in [0.05, 0.1) is 0 Å². The molecule has 0 aliphatic carbocycles. The van der Waals surface area contributed by atoms with E-state index in [2.05, 4.69) is 5.73 Å². The molecule has 0 aromatic rings. The van der Waals surface area contributed by atoms with Gasteiger partial charge in [0.25, 0.3) is 10.1 Å². The Morgan fingerprint density at radius 2 is 1.86 bits per heavy atom. The molecule has 0 spiro atoms. The third kappa shape index (κ3) is 10.7. The maximum absolute atomic E-state index is 9.43. The Morgan fingerprint density at radius 1 is 1.71 bits per heavy atom. The number of rotatable bonds is 1. The van der Waals surface area contributed by atoms with Crippen LogP contribution in [0.1, 0.15) is 1.43 Å². The van der Waals surface area contributed by atoms with Crippen LogP contribution in [0.2, 0.25) is 0 Å². The molecule has 0 atom stereocenters. The van der Waals surface area contributed by atoms with E-state index in [-0.39, 0.29) is 20.3 Å². The van der Waals surface area contributed by atoms with E-state index < -0.39 is 16.0 Å². The first-order valence-electron chi connectivity index (χ1n) is 1.21. The van der Waals surface area contributed by atoms with Gasteiger partial charge in [-0.2, -0.15) is 8.42 Å². The van der Waals surface area contributed by atoms with Gasteiger partial charge in [-0.15, -0.1) is 0 Å². The van der Waals surface area contributed by atoms with Crippen molar-refractivity contribution in [3.8, 4) is 0 Å². The van der Waals surface area contributed by atoms with E-state index in [9.17, 15) is 8.42 Å². The molecule has 0 saturated heterocycles. The average Bonchev–Trinajstić information content (AvgIpc) is 1.35. The summed E-state index contributed by atoms with van der Waals surface area (Å²) >= 11 is 0. The molecule has 0 unspecified atom stereocenters. The van der Waals surface area contributed by atoms with Crippen LogP contribution in [-0.4, -0.2) is 18.8 Å². The molecule has 6 heteroatoms. The Hall–Kier alpha value is 0.467. The van der Waals surface area contributed by atoms with Crippen molar-refractivity contribution in [1.29, 1.82) is 0 Å². The summed E-state index contributed by atoms with van der Waals surface area (Å²) in [6.45, 7) is 0. The van der Waals surface area contributed by atoms with Gasteiger partial charge in [-0.3, -0.25) is 4.55 Å². The van der Waals surface area contributed by atoms with Crippen LogP contribution in [0.5, 0.6) is 0 Å². The van der Waals surface area contributed by atoms with Crippen LogP contribution >= 0.6 is 0 Å². The minimum atomic E-state index is -3.88. The van der Waals surface area contributed by atoms with E-state index in [4.69, 9.17) is 4.55 Å². The Balaban J connectivity index is -0.000000125. The first-order chi connectivity index (χ1) is 2.56. The standard InChI is InChI=1S/CH5NO3S.Li.H/c2-1-6(3,4)5;;/h1-2H2,(H,3,4,5);;/q;+1;-1. The SMILES string of the molecule is NCS(=O)(=O)O.[H-].[Li+]. The maximum atomic E-state index is 9.43. The van der Waals surface area contributed by atoms with Gasteiger partial charge in [0.1, 0.15) is 5.88 Å². The number of nitrogens with two attached hydrogens (primary N) is 1. The van der Waals surface area contributed by atoms with Gasteiger partial charge in [-0.05, 0) is 0 Å². The molecular formula is CH6LiNO3S. The summed E-state index contributed by atoms with van der Waals surface area (Å²) in [4.78, 5) is 0. The van der Waals surface area contributed by atoms with Crippen LogP contribution in [0, 0.1) is 0 Å². The van der Waals surface area contributed by atoms with E-state index >= 15 is 0 Å². The predicted molar refractivity (Wildman–Crippen MR) is 21.7 cm³/mol. The molecule has 7 heavy (non-hydrogen) atoms. The van der Waals surface area contributed by atoms with Crippen molar-refractivity contribution in [3.05, 3.63) is 0 Å². The number of hydrogen-bond donors (Lipinski definition) is 2. The van der Waals surface area contributed by atoms with Crippen molar-refractivity contribution in [2.75, 3.05) is 5.88 Å². The molecule has 4 nitrogen and oxygen atoms in total. The van der Waals surface area contributed by atoms with Crippen molar-refractivity contribution < 1.29 is 33.3 Å². The zero-order valence-electron chi connectivity index (χ0n) is 4.96. The zero-order chi connectivity index (χ0) is 5.21. The van der Waals surface area contributed by atoms with Crippen LogP contribution in [0.4, 0.5) is 0 Å². The average molecular weight is 119 g/mol. The van der Waals surface area contributed by atoms with E-state index in [1.54, 1.807) is 0 Å². The van der Waals surface area contributed by atoms with Gasteiger partial charge >= 0.3 is 18.9 Å². The fourth-order valence-corrected chi connectivity index (χ4v) is 0. The van der Waals surface area contributed by atoms with Crippen LogP contribution < -0.4 is 24.6 Å².